The zero-order chi connectivity index (χ0) is 23.9. The first-order valence-electron chi connectivity index (χ1n) is 11.7. The van der Waals surface area contributed by atoms with Gasteiger partial charge in [0.2, 0.25) is 0 Å². The van der Waals surface area contributed by atoms with Gasteiger partial charge in [-0.2, -0.15) is 10.4 Å². The Labute approximate surface area is 201 Å². The number of carbonyl (C=O) groups is 1. The number of H-pyrrole nitrogens is 1. The van der Waals surface area contributed by atoms with Crippen molar-refractivity contribution in [3.63, 3.8) is 0 Å². The normalized spacial score (nSPS) is 15.1. The molecule has 5 aromatic rings. The quantitative estimate of drug-likeness (QED) is 0.382. The van der Waals surface area contributed by atoms with Crippen LogP contribution >= 0.6 is 0 Å². The number of hydrogen-bond donors (Lipinski definition) is 2. The van der Waals surface area contributed by atoms with E-state index in [-0.39, 0.29) is 17.5 Å². The number of aromatic amines is 1. The van der Waals surface area contributed by atoms with Crippen molar-refractivity contribution in [1.29, 1.82) is 5.26 Å². The number of aromatic hydroxyl groups is 1. The highest BCUT2D eigenvalue weighted by Gasteiger charge is 2.29. The average Bonchev–Trinajstić information content (AvgIpc) is 3.38. The van der Waals surface area contributed by atoms with Gasteiger partial charge in [-0.05, 0) is 84.5 Å². The number of phenolic OH excluding ortho intramolecular Hbond substituents is 1. The van der Waals surface area contributed by atoms with E-state index in [4.69, 9.17) is 10.2 Å². The van der Waals surface area contributed by atoms with Gasteiger partial charge in [0.25, 0.3) is 0 Å². The van der Waals surface area contributed by atoms with Gasteiger partial charge in [0.15, 0.2) is 0 Å². The standard InChI is InChI=1S/C29H22N4O2/c30-15-18-3-1-17(2-4-18)13-27(35)20-7-10-22-23(14-20)29(19-5-8-21(34)9-6-19)32-26-12-11-25-24(28(22)26)16-31-33-25/h1-6,8-9,11-12,16,20,34H,7,10,13-14H2,(H,31,33). The first kappa shape index (κ1) is 21.1. The van der Waals surface area contributed by atoms with Crippen LogP contribution in [0.5, 0.6) is 5.75 Å². The molecule has 1 aliphatic carbocycles. The summed E-state index contributed by atoms with van der Waals surface area (Å²) in [6, 6.07) is 20.5. The van der Waals surface area contributed by atoms with Crippen LogP contribution in [-0.2, 0) is 24.1 Å². The number of aromatic nitrogens is 3. The van der Waals surface area contributed by atoms with Gasteiger partial charge in [0.1, 0.15) is 11.5 Å². The highest BCUT2D eigenvalue weighted by atomic mass is 16.3. The number of nitrogens with one attached hydrogen (secondary N) is 1. The van der Waals surface area contributed by atoms with E-state index >= 15 is 0 Å². The Morgan fingerprint density at radius 1 is 1.06 bits per heavy atom. The average molecular weight is 459 g/mol. The fraction of sp³-hybridized carbons (Fsp3) is 0.172. The van der Waals surface area contributed by atoms with Gasteiger partial charge in [-0.15, -0.1) is 0 Å². The van der Waals surface area contributed by atoms with E-state index in [1.807, 2.05) is 42.6 Å². The summed E-state index contributed by atoms with van der Waals surface area (Å²) in [6.45, 7) is 0. The summed E-state index contributed by atoms with van der Waals surface area (Å²) in [5.41, 5.74) is 7.51. The number of ketones is 1. The minimum absolute atomic E-state index is 0.100. The molecule has 0 aliphatic heterocycles. The number of benzene rings is 3. The SMILES string of the molecule is N#Cc1ccc(CC(=O)C2CCc3c(c(-c4ccc(O)cc4)nc4ccc5[nH]ncc5c34)C2)cc1. The molecule has 0 bridgehead atoms. The number of nitriles is 1. The predicted octanol–water partition coefficient (Wildman–Crippen LogP) is 5.27. The lowest BCUT2D eigenvalue weighted by molar-refractivity contribution is -0.122. The van der Waals surface area contributed by atoms with Crippen molar-refractivity contribution in [3.05, 3.63) is 89.1 Å². The fourth-order valence-electron chi connectivity index (χ4n) is 5.24. The van der Waals surface area contributed by atoms with E-state index in [0.717, 1.165) is 57.0 Å². The van der Waals surface area contributed by atoms with Crippen molar-refractivity contribution in [3.8, 4) is 23.1 Å². The van der Waals surface area contributed by atoms with Crippen LogP contribution in [0.1, 0.15) is 28.7 Å². The zero-order valence-corrected chi connectivity index (χ0v) is 19.0. The van der Waals surface area contributed by atoms with Crippen LogP contribution in [0.15, 0.2) is 66.9 Å². The first-order chi connectivity index (χ1) is 17.1. The van der Waals surface area contributed by atoms with Gasteiger partial charge in [-0.3, -0.25) is 9.89 Å². The Morgan fingerprint density at radius 3 is 2.63 bits per heavy atom. The maximum absolute atomic E-state index is 13.3. The third kappa shape index (κ3) is 3.71. The Hall–Kier alpha value is -4.50. The molecule has 1 aliphatic rings. The summed E-state index contributed by atoms with van der Waals surface area (Å²) in [6.07, 6.45) is 4.39. The Morgan fingerprint density at radius 2 is 1.86 bits per heavy atom. The minimum atomic E-state index is -0.100. The van der Waals surface area contributed by atoms with Crippen molar-refractivity contribution < 1.29 is 9.90 Å². The van der Waals surface area contributed by atoms with Gasteiger partial charge >= 0.3 is 0 Å². The maximum atomic E-state index is 13.3. The van der Waals surface area contributed by atoms with Gasteiger partial charge in [0.05, 0.1) is 34.6 Å². The van der Waals surface area contributed by atoms with Gasteiger partial charge in [-0.1, -0.05) is 12.1 Å². The van der Waals surface area contributed by atoms with Gasteiger partial charge in [0, 0.05) is 28.7 Å². The van der Waals surface area contributed by atoms with Gasteiger partial charge < -0.3 is 5.11 Å². The number of fused-ring (bicyclic) bond motifs is 5. The summed E-state index contributed by atoms with van der Waals surface area (Å²) in [4.78, 5) is 18.4. The molecule has 0 fully saturated rings. The predicted molar refractivity (Wildman–Crippen MR) is 134 cm³/mol. The third-order valence-corrected chi connectivity index (χ3v) is 7.04. The molecule has 6 rings (SSSR count). The zero-order valence-electron chi connectivity index (χ0n) is 19.0. The Balaban J connectivity index is 1.43. The van der Waals surface area contributed by atoms with Crippen LogP contribution in [0.25, 0.3) is 33.1 Å². The summed E-state index contributed by atoms with van der Waals surface area (Å²) < 4.78 is 0. The second kappa shape index (κ2) is 8.37. The number of hydrogen-bond acceptors (Lipinski definition) is 5. The molecule has 0 spiro atoms. The van der Waals surface area contributed by atoms with Crippen LogP contribution in [0.4, 0.5) is 0 Å². The largest absolute Gasteiger partial charge is 0.508 e. The lowest BCUT2D eigenvalue weighted by Crippen LogP contribution is -2.25. The lowest BCUT2D eigenvalue weighted by atomic mass is 9.77. The number of rotatable bonds is 4. The van der Waals surface area contributed by atoms with E-state index in [2.05, 4.69) is 16.3 Å². The molecule has 6 nitrogen and oxygen atoms in total. The van der Waals surface area contributed by atoms with Crippen molar-refractivity contribution in [2.75, 3.05) is 0 Å². The van der Waals surface area contributed by atoms with Crippen LogP contribution in [0.3, 0.4) is 0 Å². The van der Waals surface area contributed by atoms with Crippen molar-refractivity contribution in [2.24, 2.45) is 5.92 Å². The van der Waals surface area contributed by atoms with E-state index in [9.17, 15) is 9.90 Å². The summed E-state index contributed by atoms with van der Waals surface area (Å²) >= 11 is 0. The molecule has 170 valence electrons. The number of aryl methyl sites for hydroxylation is 1. The molecule has 0 saturated heterocycles. The smallest absolute Gasteiger partial charge is 0.140 e. The van der Waals surface area contributed by atoms with E-state index < -0.39 is 0 Å². The number of nitrogens with zero attached hydrogens (tertiary/aromatic N) is 3. The Bertz CT molecular complexity index is 1630. The highest BCUT2D eigenvalue weighted by Crippen LogP contribution is 2.40. The topological polar surface area (TPSA) is 103 Å². The van der Waals surface area contributed by atoms with Crippen LogP contribution in [0.2, 0.25) is 0 Å². The van der Waals surface area contributed by atoms with E-state index in [1.54, 1.807) is 24.3 Å². The molecule has 6 heteroatoms. The van der Waals surface area contributed by atoms with Crippen LogP contribution in [-0.4, -0.2) is 26.1 Å². The molecule has 2 aromatic heterocycles. The molecule has 2 heterocycles. The molecule has 35 heavy (non-hydrogen) atoms. The number of carbonyl (C=O) groups excluding carboxylic acids is 1. The molecular weight excluding hydrogens is 436 g/mol. The van der Waals surface area contributed by atoms with Crippen molar-refractivity contribution >= 4 is 27.6 Å². The molecule has 1 unspecified atom stereocenters. The van der Waals surface area contributed by atoms with Crippen molar-refractivity contribution in [1.82, 2.24) is 15.2 Å². The Kier molecular flexibility index (Phi) is 5.04. The molecule has 1 atom stereocenters. The second-order valence-corrected chi connectivity index (χ2v) is 9.15. The summed E-state index contributed by atoms with van der Waals surface area (Å²) in [5.74, 6) is 0.314. The van der Waals surface area contributed by atoms with Crippen LogP contribution in [0, 0.1) is 17.2 Å². The number of phenols is 1. The molecule has 0 saturated carbocycles. The fourth-order valence-corrected chi connectivity index (χ4v) is 5.24. The molecule has 0 radical (unpaired) electrons. The number of pyridine rings is 1. The molecular formula is C29H22N4O2. The third-order valence-electron chi connectivity index (χ3n) is 7.04. The van der Waals surface area contributed by atoms with E-state index in [0.29, 0.717) is 18.4 Å². The monoisotopic (exact) mass is 458 g/mol. The lowest BCUT2D eigenvalue weighted by Gasteiger charge is -2.27. The molecule has 0 amide bonds. The van der Waals surface area contributed by atoms with Crippen LogP contribution < -0.4 is 0 Å². The number of Topliss-reactive ketones (excluding diaryl/α,β-unsaturated/α-hetero) is 1. The maximum Gasteiger partial charge on any atom is 0.140 e. The second-order valence-electron chi connectivity index (χ2n) is 9.15. The summed E-state index contributed by atoms with van der Waals surface area (Å²) in [7, 11) is 0. The first-order valence-corrected chi connectivity index (χ1v) is 11.7. The molecule has 2 N–H and O–H groups in total. The van der Waals surface area contributed by atoms with Crippen molar-refractivity contribution in [2.45, 2.75) is 25.7 Å². The van der Waals surface area contributed by atoms with Gasteiger partial charge in [-0.25, -0.2) is 4.98 Å². The minimum Gasteiger partial charge on any atom is -0.508 e. The molecule has 3 aromatic carbocycles. The van der Waals surface area contributed by atoms with E-state index in [1.165, 1.54) is 5.56 Å². The summed E-state index contributed by atoms with van der Waals surface area (Å²) in [5, 5.41) is 28.3. The highest BCUT2D eigenvalue weighted by molar-refractivity contribution is 6.08.